The molecule has 0 heterocycles. The third-order valence-electron chi connectivity index (χ3n) is 16.2. The first-order valence-corrected chi connectivity index (χ1v) is 37.1. The van der Waals surface area contributed by atoms with Crippen LogP contribution in [-0.4, -0.2) is 68.5 Å². The zero-order valence-electron chi connectivity index (χ0n) is 55.2. The van der Waals surface area contributed by atoms with Crippen molar-refractivity contribution in [2.45, 2.75) is 360 Å². The van der Waals surface area contributed by atoms with E-state index in [0.29, 0.717) is 17.4 Å². The van der Waals surface area contributed by atoms with Gasteiger partial charge in [-0.25, -0.2) is 0 Å². The molecule has 3 unspecified atom stereocenters. The Labute approximate surface area is 511 Å². The number of amides is 1. The number of allylic oxidation sites excluding steroid dienone is 9. The van der Waals surface area contributed by atoms with E-state index in [1.807, 2.05) is 27.2 Å². The minimum absolute atomic E-state index is 0.000480. The first-order chi connectivity index (χ1) is 40.0. The number of aliphatic hydroxyl groups is 1. The van der Waals surface area contributed by atoms with Crippen LogP contribution in [0.4, 0.5) is 0 Å². The fourth-order valence-corrected chi connectivity index (χ4v) is 11.5. The predicted octanol–water partition coefficient (Wildman–Crippen LogP) is 22.1. The van der Waals surface area contributed by atoms with E-state index in [9.17, 15) is 19.4 Å². The zero-order valence-corrected chi connectivity index (χ0v) is 56.1. The van der Waals surface area contributed by atoms with Crippen LogP contribution in [0, 0.1) is 0 Å². The molecule has 0 radical (unpaired) electrons. The van der Waals surface area contributed by atoms with E-state index in [2.05, 4.69) is 67.8 Å². The highest BCUT2D eigenvalue weighted by Gasteiger charge is 2.23. The van der Waals surface area contributed by atoms with Crippen LogP contribution in [-0.2, 0) is 18.4 Å². The van der Waals surface area contributed by atoms with Crippen LogP contribution < -0.4 is 10.2 Å². The molecule has 0 aromatic rings. The molecule has 1 amide bonds. The number of hydrogen-bond acceptors (Lipinski definition) is 6. The summed E-state index contributed by atoms with van der Waals surface area (Å²) in [5.41, 5.74) is 0. The van der Waals surface area contributed by atoms with Crippen LogP contribution in [0.15, 0.2) is 60.8 Å². The molecule has 0 fully saturated rings. The maximum atomic E-state index is 13.0. The number of carbonyl (C=O) groups excluding carboxylic acids is 1. The molecule has 3 atom stereocenters. The lowest BCUT2D eigenvalue weighted by Gasteiger charge is -2.29. The quantitative estimate of drug-likeness (QED) is 0.0272. The Hall–Kier alpha value is -1.80. The second-order valence-corrected chi connectivity index (χ2v) is 27.0. The maximum Gasteiger partial charge on any atom is 0.268 e. The normalized spacial score (nSPS) is 14.0. The molecule has 0 saturated heterocycles. The lowest BCUT2D eigenvalue weighted by atomic mass is 10.0. The van der Waals surface area contributed by atoms with Gasteiger partial charge in [0.05, 0.1) is 39.9 Å². The van der Waals surface area contributed by atoms with Gasteiger partial charge >= 0.3 is 0 Å². The number of phosphoric acid groups is 1. The molecule has 9 heteroatoms. The van der Waals surface area contributed by atoms with Crippen LogP contribution in [0.25, 0.3) is 0 Å². The van der Waals surface area contributed by atoms with Gasteiger partial charge in [0.25, 0.3) is 7.82 Å². The van der Waals surface area contributed by atoms with E-state index in [1.54, 1.807) is 6.08 Å². The van der Waals surface area contributed by atoms with Gasteiger partial charge in [-0.2, -0.15) is 0 Å². The summed E-state index contributed by atoms with van der Waals surface area (Å²) in [5, 5.41) is 14.0. The molecule has 82 heavy (non-hydrogen) atoms. The Bertz CT molecular complexity index is 1520. The van der Waals surface area contributed by atoms with Gasteiger partial charge in [0.15, 0.2) is 0 Å². The van der Waals surface area contributed by atoms with Gasteiger partial charge in [0.2, 0.25) is 5.91 Å². The van der Waals surface area contributed by atoms with E-state index >= 15 is 0 Å². The van der Waals surface area contributed by atoms with E-state index in [4.69, 9.17) is 9.05 Å². The largest absolute Gasteiger partial charge is 0.756 e. The Morgan fingerprint density at radius 1 is 0.439 bits per heavy atom. The summed E-state index contributed by atoms with van der Waals surface area (Å²) in [5.74, 6) is -0.192. The highest BCUT2D eigenvalue weighted by Crippen LogP contribution is 2.38. The summed E-state index contributed by atoms with van der Waals surface area (Å²) in [6, 6.07) is -0.889. The number of likely N-dealkylation sites (N-methyl/N-ethyl adjacent to an activating group) is 1. The van der Waals surface area contributed by atoms with Crippen molar-refractivity contribution in [1.82, 2.24) is 5.32 Å². The smallest absolute Gasteiger partial charge is 0.268 e. The van der Waals surface area contributed by atoms with Crippen molar-refractivity contribution in [1.29, 1.82) is 0 Å². The van der Waals surface area contributed by atoms with Gasteiger partial charge in [0, 0.05) is 6.42 Å². The van der Waals surface area contributed by atoms with Crippen molar-refractivity contribution in [3.05, 3.63) is 60.8 Å². The predicted molar refractivity (Wildman–Crippen MR) is 357 cm³/mol. The highest BCUT2D eigenvalue weighted by molar-refractivity contribution is 7.45. The van der Waals surface area contributed by atoms with Crippen LogP contribution in [0.5, 0.6) is 0 Å². The summed E-state index contributed by atoms with van der Waals surface area (Å²) in [7, 11) is 1.27. The fourth-order valence-electron chi connectivity index (χ4n) is 10.7. The third kappa shape index (κ3) is 65.7. The molecule has 0 spiro atoms. The summed E-state index contributed by atoms with van der Waals surface area (Å²) in [4.78, 5) is 25.6. The minimum Gasteiger partial charge on any atom is -0.756 e. The van der Waals surface area contributed by atoms with E-state index in [1.165, 1.54) is 263 Å². The van der Waals surface area contributed by atoms with Crippen LogP contribution >= 0.6 is 7.82 Å². The van der Waals surface area contributed by atoms with Crippen LogP contribution in [0.2, 0.25) is 0 Å². The molecule has 0 rings (SSSR count). The third-order valence-corrected chi connectivity index (χ3v) is 17.2. The molecule has 0 aliphatic rings. The Morgan fingerprint density at radius 3 is 1.09 bits per heavy atom. The van der Waals surface area contributed by atoms with Gasteiger partial charge in [-0.05, 0) is 57.8 Å². The first-order valence-electron chi connectivity index (χ1n) is 35.7. The summed E-state index contributed by atoms with van der Waals surface area (Å²) in [6.07, 6.45) is 87.7. The molecule has 0 aromatic carbocycles. The van der Waals surface area contributed by atoms with E-state index in [0.717, 1.165) is 64.2 Å². The number of hydrogen-bond donors (Lipinski definition) is 2. The number of aliphatic hydroxyl groups excluding tert-OH is 1. The average molecular weight is 1170 g/mol. The molecule has 0 aliphatic carbocycles. The fraction of sp³-hybridized carbons (Fsp3) is 0.849. The molecular formula is C73H139N2O6P. The number of nitrogens with one attached hydrogen (secondary N) is 1. The number of phosphoric ester groups is 1. The van der Waals surface area contributed by atoms with Crippen molar-refractivity contribution in [3.8, 4) is 0 Å². The van der Waals surface area contributed by atoms with Crippen molar-refractivity contribution in [2.75, 3.05) is 40.9 Å². The van der Waals surface area contributed by atoms with Gasteiger partial charge in [-0.15, -0.1) is 0 Å². The van der Waals surface area contributed by atoms with E-state index in [-0.39, 0.29) is 19.1 Å². The number of carbonyl (C=O) groups is 1. The summed E-state index contributed by atoms with van der Waals surface area (Å²) in [6.45, 7) is 4.59. The number of quaternary nitrogens is 1. The lowest BCUT2D eigenvalue weighted by Crippen LogP contribution is -2.45. The summed E-state index contributed by atoms with van der Waals surface area (Å²) >= 11 is 0. The SMILES string of the molecule is CC/C=C\C/C=C\C/C=C\C/C=C\CCCCCCCCCCCCCCCCCCCCC(=O)NC(COP(=O)([O-])OCC[N+](C)(C)C)C(O)/C=C/CCCCCCCCCCCCCCCCCCCCCCCCCCCCC. The topological polar surface area (TPSA) is 108 Å². The summed E-state index contributed by atoms with van der Waals surface area (Å²) < 4.78 is 23.5. The molecular weight excluding hydrogens is 1030 g/mol. The first kappa shape index (κ1) is 80.2. The van der Waals surface area contributed by atoms with Crippen molar-refractivity contribution in [3.63, 3.8) is 0 Å². The van der Waals surface area contributed by atoms with Crippen LogP contribution in [0.3, 0.4) is 0 Å². The molecule has 482 valence electrons. The number of nitrogens with zero attached hydrogens (tertiary/aromatic N) is 1. The minimum atomic E-state index is -4.61. The van der Waals surface area contributed by atoms with Gasteiger partial charge in [-0.1, -0.05) is 344 Å². The number of unbranched alkanes of at least 4 members (excludes halogenated alkanes) is 45. The molecule has 2 N–H and O–H groups in total. The molecule has 8 nitrogen and oxygen atoms in total. The van der Waals surface area contributed by atoms with Gasteiger partial charge in [0.1, 0.15) is 13.2 Å². The molecule has 0 aliphatic heterocycles. The van der Waals surface area contributed by atoms with Crippen LogP contribution in [0.1, 0.15) is 348 Å². The highest BCUT2D eigenvalue weighted by atomic mass is 31.2. The van der Waals surface area contributed by atoms with Crippen molar-refractivity contribution >= 4 is 13.7 Å². The Balaban J connectivity index is 4.04. The molecule has 0 aromatic heterocycles. The maximum absolute atomic E-state index is 13.0. The second-order valence-electron chi connectivity index (χ2n) is 25.6. The van der Waals surface area contributed by atoms with Gasteiger partial charge in [-0.3, -0.25) is 9.36 Å². The Kier molecular flexibility index (Phi) is 62.3. The standard InChI is InChI=1S/C73H139N2O6P/c1-6-8-10-12-14-16-18-20-22-24-26-28-30-32-34-36-37-39-41-43-45-47-49-51-53-55-57-59-61-63-65-67-73(77)74-71(70-81-82(78,79)80-69-68-75(3,4)5)72(76)66-64-62-60-58-56-54-52-50-48-46-44-42-40-38-35-33-31-29-27-25-23-21-19-17-15-13-11-9-7-2/h8,10,14,16,20,22,26,28,64,66,71-72,76H,6-7,9,11-13,15,17-19,21,23-25,27,29-63,65,67-70H2,1-5H3,(H-,74,77,78,79)/b10-8-,16-14-,22-20-,28-26-,66-64+. The van der Waals surface area contributed by atoms with Crippen molar-refractivity contribution in [2.24, 2.45) is 0 Å². The van der Waals surface area contributed by atoms with Gasteiger partial charge < -0.3 is 28.8 Å². The average Bonchev–Trinajstić information content (AvgIpc) is 3.47. The zero-order chi connectivity index (χ0) is 59.8. The van der Waals surface area contributed by atoms with Crippen molar-refractivity contribution < 1.29 is 32.9 Å². The molecule has 0 saturated carbocycles. The lowest BCUT2D eigenvalue weighted by molar-refractivity contribution is -0.870. The van der Waals surface area contributed by atoms with E-state index < -0.39 is 20.0 Å². The Morgan fingerprint density at radius 2 is 0.744 bits per heavy atom. The monoisotopic (exact) mass is 1170 g/mol. The second kappa shape index (κ2) is 63.7. The molecule has 0 bridgehead atoms. The number of rotatable bonds is 66.